The average molecular weight is 329 g/mol. The molecule has 1 aliphatic rings. The molecule has 19 heavy (non-hydrogen) atoms. The molecule has 0 amide bonds. The predicted octanol–water partition coefficient (Wildman–Crippen LogP) is 1.86. The van der Waals surface area contributed by atoms with E-state index in [1.807, 2.05) is 18.2 Å². The van der Waals surface area contributed by atoms with E-state index in [1.54, 1.807) is 0 Å². The van der Waals surface area contributed by atoms with Crippen molar-refractivity contribution in [2.75, 3.05) is 44.7 Å². The van der Waals surface area contributed by atoms with E-state index in [-0.39, 0.29) is 6.10 Å². The van der Waals surface area contributed by atoms with Gasteiger partial charge in [0, 0.05) is 36.3 Å². The second-order valence-electron chi connectivity index (χ2n) is 4.86. The summed E-state index contributed by atoms with van der Waals surface area (Å²) in [6.07, 6.45) is -0.364. The lowest BCUT2D eigenvalue weighted by atomic mass is 10.2. The second-order valence-corrected chi connectivity index (χ2v) is 5.71. The number of anilines is 1. The molecule has 0 bridgehead atoms. The van der Waals surface area contributed by atoms with Crippen molar-refractivity contribution in [3.63, 3.8) is 0 Å². The molecule has 0 aliphatic carbocycles. The highest BCUT2D eigenvalue weighted by Crippen LogP contribution is 2.23. The molecule has 0 aromatic heterocycles. The van der Waals surface area contributed by atoms with Gasteiger partial charge in [0.05, 0.1) is 19.3 Å². The maximum atomic E-state index is 10.1. The summed E-state index contributed by atoms with van der Waals surface area (Å²) in [5, 5.41) is 13.4. The predicted molar refractivity (Wildman–Crippen MR) is 80.6 cm³/mol. The number of morpholine rings is 1. The van der Waals surface area contributed by atoms with Crippen LogP contribution in [-0.2, 0) is 4.74 Å². The minimum absolute atomic E-state index is 0.364. The third-order valence-corrected chi connectivity index (χ3v) is 4.23. The van der Waals surface area contributed by atoms with E-state index in [1.165, 1.54) is 5.56 Å². The standard InChI is InChI=1S/C14H21BrN2O2/c1-11-13(15)3-2-4-14(11)16-9-12(18)10-17-5-7-19-8-6-17/h2-4,12,16,18H,5-10H2,1H3. The van der Waals surface area contributed by atoms with Gasteiger partial charge < -0.3 is 15.2 Å². The van der Waals surface area contributed by atoms with E-state index < -0.39 is 0 Å². The van der Waals surface area contributed by atoms with Crippen LogP contribution in [-0.4, -0.2) is 55.5 Å². The molecule has 0 spiro atoms. The van der Waals surface area contributed by atoms with Crippen molar-refractivity contribution in [3.05, 3.63) is 28.2 Å². The Balaban J connectivity index is 1.79. The first kappa shape index (κ1) is 14.8. The summed E-state index contributed by atoms with van der Waals surface area (Å²) in [4.78, 5) is 2.24. The molecule has 1 atom stereocenters. The van der Waals surface area contributed by atoms with E-state index in [9.17, 15) is 5.11 Å². The zero-order valence-corrected chi connectivity index (χ0v) is 12.8. The summed E-state index contributed by atoms with van der Waals surface area (Å²) in [6, 6.07) is 6.04. The third-order valence-electron chi connectivity index (χ3n) is 3.37. The van der Waals surface area contributed by atoms with Crippen molar-refractivity contribution < 1.29 is 9.84 Å². The van der Waals surface area contributed by atoms with E-state index in [2.05, 4.69) is 33.1 Å². The Morgan fingerprint density at radius 1 is 1.42 bits per heavy atom. The Hall–Kier alpha value is -0.620. The monoisotopic (exact) mass is 328 g/mol. The number of ether oxygens (including phenoxy) is 1. The number of benzene rings is 1. The van der Waals surface area contributed by atoms with Crippen LogP contribution in [0.25, 0.3) is 0 Å². The first-order valence-electron chi connectivity index (χ1n) is 6.64. The molecule has 1 aliphatic heterocycles. The summed E-state index contributed by atoms with van der Waals surface area (Å²) in [5.74, 6) is 0. The number of aliphatic hydroxyl groups is 1. The molecule has 2 N–H and O–H groups in total. The van der Waals surface area contributed by atoms with E-state index in [4.69, 9.17) is 4.74 Å². The van der Waals surface area contributed by atoms with Gasteiger partial charge in [0.15, 0.2) is 0 Å². The van der Waals surface area contributed by atoms with E-state index >= 15 is 0 Å². The molecule has 0 radical (unpaired) electrons. The summed E-state index contributed by atoms with van der Waals surface area (Å²) in [5.41, 5.74) is 2.23. The summed E-state index contributed by atoms with van der Waals surface area (Å²) < 4.78 is 6.38. The molecule has 1 saturated heterocycles. The lowest BCUT2D eigenvalue weighted by molar-refractivity contribution is 0.0171. The minimum atomic E-state index is -0.364. The van der Waals surface area contributed by atoms with Gasteiger partial charge in [-0.25, -0.2) is 0 Å². The van der Waals surface area contributed by atoms with Crippen LogP contribution < -0.4 is 5.32 Å². The van der Waals surface area contributed by atoms with Crippen LogP contribution >= 0.6 is 15.9 Å². The number of rotatable bonds is 5. The van der Waals surface area contributed by atoms with Gasteiger partial charge in [-0.15, -0.1) is 0 Å². The van der Waals surface area contributed by atoms with Gasteiger partial charge in [0.2, 0.25) is 0 Å². The lowest BCUT2D eigenvalue weighted by Gasteiger charge is -2.28. The Morgan fingerprint density at radius 3 is 2.89 bits per heavy atom. The maximum absolute atomic E-state index is 10.1. The lowest BCUT2D eigenvalue weighted by Crippen LogP contribution is -2.42. The molecule has 5 heteroatoms. The first-order chi connectivity index (χ1) is 9.16. The van der Waals surface area contributed by atoms with Crippen LogP contribution in [0.15, 0.2) is 22.7 Å². The SMILES string of the molecule is Cc1c(Br)cccc1NCC(O)CN1CCOCC1. The van der Waals surface area contributed by atoms with Crippen molar-refractivity contribution in [3.8, 4) is 0 Å². The van der Waals surface area contributed by atoms with E-state index in [0.29, 0.717) is 13.1 Å². The zero-order chi connectivity index (χ0) is 13.7. The number of hydrogen-bond donors (Lipinski definition) is 2. The normalized spacial score (nSPS) is 18.3. The zero-order valence-electron chi connectivity index (χ0n) is 11.2. The summed E-state index contributed by atoms with van der Waals surface area (Å²) in [7, 11) is 0. The number of halogens is 1. The Bertz CT molecular complexity index is 408. The van der Waals surface area contributed by atoms with Crippen molar-refractivity contribution >= 4 is 21.6 Å². The summed E-state index contributed by atoms with van der Waals surface area (Å²) >= 11 is 3.51. The fourth-order valence-corrected chi connectivity index (χ4v) is 2.54. The average Bonchev–Trinajstić information content (AvgIpc) is 2.42. The highest BCUT2D eigenvalue weighted by Gasteiger charge is 2.14. The highest BCUT2D eigenvalue weighted by atomic mass is 79.9. The van der Waals surface area contributed by atoms with Crippen LogP contribution in [0.1, 0.15) is 5.56 Å². The second kappa shape index (κ2) is 7.24. The smallest absolute Gasteiger partial charge is 0.0839 e. The van der Waals surface area contributed by atoms with Crippen LogP contribution in [0.3, 0.4) is 0 Å². The van der Waals surface area contributed by atoms with Crippen molar-refractivity contribution in [1.29, 1.82) is 0 Å². The van der Waals surface area contributed by atoms with Gasteiger partial charge in [-0.05, 0) is 24.6 Å². The van der Waals surface area contributed by atoms with Gasteiger partial charge in [-0.1, -0.05) is 22.0 Å². The highest BCUT2D eigenvalue weighted by molar-refractivity contribution is 9.10. The van der Waals surface area contributed by atoms with Gasteiger partial charge in [0.1, 0.15) is 0 Å². The van der Waals surface area contributed by atoms with Gasteiger partial charge in [0.25, 0.3) is 0 Å². The fraction of sp³-hybridized carbons (Fsp3) is 0.571. The molecular weight excluding hydrogens is 308 g/mol. The molecule has 1 fully saturated rings. The van der Waals surface area contributed by atoms with Gasteiger partial charge in [-0.3, -0.25) is 4.90 Å². The molecule has 1 aromatic carbocycles. The molecule has 1 heterocycles. The fourth-order valence-electron chi connectivity index (χ4n) is 2.17. The molecule has 106 valence electrons. The molecule has 1 aromatic rings. The molecule has 4 nitrogen and oxygen atoms in total. The molecule has 1 unspecified atom stereocenters. The van der Waals surface area contributed by atoms with Crippen molar-refractivity contribution in [2.45, 2.75) is 13.0 Å². The maximum Gasteiger partial charge on any atom is 0.0839 e. The number of nitrogens with one attached hydrogen (secondary N) is 1. The van der Waals surface area contributed by atoms with Crippen LogP contribution in [0, 0.1) is 6.92 Å². The third kappa shape index (κ3) is 4.45. The van der Waals surface area contributed by atoms with Crippen LogP contribution in [0.2, 0.25) is 0 Å². The number of hydrogen-bond acceptors (Lipinski definition) is 4. The van der Waals surface area contributed by atoms with Gasteiger partial charge >= 0.3 is 0 Å². The topological polar surface area (TPSA) is 44.7 Å². The first-order valence-corrected chi connectivity index (χ1v) is 7.43. The van der Waals surface area contributed by atoms with Crippen molar-refractivity contribution in [2.24, 2.45) is 0 Å². The molecular formula is C14H21BrN2O2. The number of aliphatic hydroxyl groups excluding tert-OH is 1. The Morgan fingerprint density at radius 2 is 2.16 bits per heavy atom. The van der Waals surface area contributed by atoms with E-state index in [0.717, 1.165) is 36.5 Å². The summed E-state index contributed by atoms with van der Waals surface area (Å²) in [6.45, 7) is 6.68. The Labute approximate surface area is 122 Å². The Kier molecular flexibility index (Phi) is 5.63. The largest absolute Gasteiger partial charge is 0.390 e. The molecule has 2 rings (SSSR count). The van der Waals surface area contributed by atoms with Gasteiger partial charge in [-0.2, -0.15) is 0 Å². The minimum Gasteiger partial charge on any atom is -0.390 e. The number of β-amino-alcohol motifs (C(OH)–C–C–N with tert-alkyl or cyclic N) is 1. The molecule has 0 saturated carbocycles. The van der Waals surface area contributed by atoms with Crippen molar-refractivity contribution in [1.82, 2.24) is 4.90 Å². The van der Waals surface area contributed by atoms with Crippen LogP contribution in [0.5, 0.6) is 0 Å². The van der Waals surface area contributed by atoms with Crippen LogP contribution in [0.4, 0.5) is 5.69 Å². The number of nitrogens with zero attached hydrogens (tertiary/aromatic N) is 1. The quantitative estimate of drug-likeness (QED) is 0.866.